The lowest BCUT2D eigenvalue weighted by atomic mass is 10.1. The Morgan fingerprint density at radius 3 is 1.33 bits per heavy atom. The molecular formula is C16H16Cl2O2S. The van der Waals surface area contributed by atoms with Crippen molar-refractivity contribution in [2.45, 2.75) is 10.5 Å². The van der Waals surface area contributed by atoms with E-state index in [9.17, 15) is 10.2 Å². The molecule has 0 aliphatic rings. The summed E-state index contributed by atoms with van der Waals surface area (Å²) in [5.74, 6) is 0. The number of halogens is 2. The minimum absolute atomic E-state index is 0.00358. The molecule has 0 bridgehead atoms. The lowest BCUT2D eigenvalue weighted by Gasteiger charge is -2.21. The van der Waals surface area contributed by atoms with E-state index in [0.29, 0.717) is 10.0 Å². The first kappa shape index (κ1) is 16.7. The van der Waals surface area contributed by atoms with Gasteiger partial charge >= 0.3 is 0 Å². The Balaban J connectivity index is 2.15. The summed E-state index contributed by atoms with van der Waals surface area (Å²) < 4.78 is 0. The van der Waals surface area contributed by atoms with Crippen LogP contribution < -0.4 is 0 Å². The van der Waals surface area contributed by atoms with Gasteiger partial charge in [-0.15, -0.1) is 11.8 Å². The van der Waals surface area contributed by atoms with Crippen molar-refractivity contribution in [1.82, 2.24) is 0 Å². The number of benzene rings is 2. The summed E-state index contributed by atoms with van der Waals surface area (Å²) >= 11 is 13.3. The van der Waals surface area contributed by atoms with E-state index in [4.69, 9.17) is 23.2 Å². The van der Waals surface area contributed by atoms with E-state index in [1.165, 1.54) is 11.8 Å². The highest BCUT2D eigenvalue weighted by Crippen LogP contribution is 2.40. The van der Waals surface area contributed by atoms with Gasteiger partial charge in [-0.25, -0.2) is 0 Å². The molecule has 112 valence electrons. The van der Waals surface area contributed by atoms with Crippen LogP contribution in [0.2, 0.25) is 10.0 Å². The van der Waals surface area contributed by atoms with E-state index in [1.54, 1.807) is 24.3 Å². The van der Waals surface area contributed by atoms with Crippen LogP contribution in [0.15, 0.2) is 48.5 Å². The standard InChI is InChI=1S/C16H16Cl2O2S/c17-13-5-1-11(2-6-13)15(9-19)21-16(10-20)12-3-7-14(18)8-4-12/h1-8,15-16,19-20H,9-10H2. The number of thioether (sulfide) groups is 1. The molecule has 0 aliphatic heterocycles. The maximum absolute atomic E-state index is 9.63. The summed E-state index contributed by atoms with van der Waals surface area (Å²) in [6.45, 7) is -0.00717. The number of aliphatic hydroxyl groups is 2. The molecule has 0 aromatic heterocycles. The molecule has 2 rings (SSSR count). The van der Waals surface area contributed by atoms with Crippen LogP contribution in [0, 0.1) is 0 Å². The average Bonchev–Trinajstić information content (AvgIpc) is 2.51. The van der Waals surface area contributed by atoms with Gasteiger partial charge in [0.25, 0.3) is 0 Å². The van der Waals surface area contributed by atoms with Gasteiger partial charge in [0.05, 0.1) is 23.7 Å². The Labute approximate surface area is 138 Å². The fourth-order valence-electron chi connectivity index (χ4n) is 2.01. The van der Waals surface area contributed by atoms with Gasteiger partial charge < -0.3 is 10.2 Å². The second-order valence-electron chi connectivity index (χ2n) is 4.58. The maximum Gasteiger partial charge on any atom is 0.0591 e. The molecule has 0 saturated heterocycles. The molecule has 0 aliphatic carbocycles. The Kier molecular flexibility index (Phi) is 6.40. The predicted molar refractivity (Wildman–Crippen MR) is 90.1 cm³/mol. The second-order valence-corrected chi connectivity index (χ2v) is 6.86. The summed E-state index contributed by atoms with van der Waals surface area (Å²) in [7, 11) is 0. The van der Waals surface area contributed by atoms with Crippen LogP contribution in [0.5, 0.6) is 0 Å². The van der Waals surface area contributed by atoms with Gasteiger partial charge in [0, 0.05) is 10.0 Å². The number of rotatable bonds is 6. The van der Waals surface area contributed by atoms with Crippen LogP contribution in [0.4, 0.5) is 0 Å². The van der Waals surface area contributed by atoms with Crippen molar-refractivity contribution in [2.75, 3.05) is 13.2 Å². The first-order valence-electron chi connectivity index (χ1n) is 6.52. The molecule has 2 N–H and O–H groups in total. The first-order valence-corrected chi connectivity index (χ1v) is 8.22. The fourth-order valence-corrected chi connectivity index (χ4v) is 3.46. The van der Waals surface area contributed by atoms with Gasteiger partial charge in [0.15, 0.2) is 0 Å². The van der Waals surface area contributed by atoms with E-state index in [-0.39, 0.29) is 23.7 Å². The zero-order valence-electron chi connectivity index (χ0n) is 11.2. The van der Waals surface area contributed by atoms with E-state index in [1.807, 2.05) is 24.3 Å². The molecule has 0 fully saturated rings. The molecule has 5 heteroatoms. The molecule has 0 spiro atoms. The smallest absolute Gasteiger partial charge is 0.0591 e. The van der Waals surface area contributed by atoms with E-state index < -0.39 is 0 Å². The normalized spacial score (nSPS) is 13.9. The highest BCUT2D eigenvalue weighted by molar-refractivity contribution is 7.99. The van der Waals surface area contributed by atoms with Crippen LogP contribution >= 0.6 is 35.0 Å². The van der Waals surface area contributed by atoms with Gasteiger partial charge in [0.1, 0.15) is 0 Å². The summed E-state index contributed by atoms with van der Waals surface area (Å²) in [6, 6.07) is 14.8. The lowest BCUT2D eigenvalue weighted by molar-refractivity contribution is 0.288. The van der Waals surface area contributed by atoms with Crippen LogP contribution in [-0.4, -0.2) is 23.4 Å². The Morgan fingerprint density at radius 2 is 1.05 bits per heavy atom. The van der Waals surface area contributed by atoms with E-state index in [0.717, 1.165) is 11.1 Å². The van der Waals surface area contributed by atoms with Crippen molar-refractivity contribution >= 4 is 35.0 Å². The lowest BCUT2D eigenvalue weighted by Crippen LogP contribution is -2.07. The minimum atomic E-state index is -0.116. The van der Waals surface area contributed by atoms with Crippen molar-refractivity contribution in [3.05, 3.63) is 69.7 Å². The molecule has 0 saturated carbocycles. The van der Waals surface area contributed by atoms with Crippen LogP contribution in [-0.2, 0) is 0 Å². The topological polar surface area (TPSA) is 40.5 Å². The van der Waals surface area contributed by atoms with Crippen molar-refractivity contribution in [3.63, 3.8) is 0 Å². The quantitative estimate of drug-likeness (QED) is 0.812. The summed E-state index contributed by atoms with van der Waals surface area (Å²) in [5, 5.41) is 20.4. The highest BCUT2D eigenvalue weighted by atomic mass is 35.5. The fraction of sp³-hybridized carbons (Fsp3) is 0.250. The SMILES string of the molecule is OCC(SC(CO)c1ccc(Cl)cc1)c1ccc(Cl)cc1. The molecule has 0 radical (unpaired) electrons. The van der Waals surface area contributed by atoms with Crippen LogP contribution in [0.1, 0.15) is 21.6 Å². The molecule has 2 unspecified atom stereocenters. The summed E-state index contributed by atoms with van der Waals surface area (Å²) in [6.07, 6.45) is 0. The molecule has 2 aromatic carbocycles. The second kappa shape index (κ2) is 8.06. The molecular weight excluding hydrogens is 327 g/mol. The van der Waals surface area contributed by atoms with Crippen LogP contribution in [0.25, 0.3) is 0 Å². The highest BCUT2D eigenvalue weighted by Gasteiger charge is 2.19. The van der Waals surface area contributed by atoms with E-state index >= 15 is 0 Å². The third kappa shape index (κ3) is 4.63. The third-order valence-electron chi connectivity index (χ3n) is 3.14. The summed E-state index contributed by atoms with van der Waals surface area (Å²) in [4.78, 5) is 0. The minimum Gasteiger partial charge on any atom is -0.395 e. The maximum atomic E-state index is 9.63. The number of aliphatic hydroxyl groups excluding tert-OH is 2. The Hall–Kier alpha value is -0.710. The monoisotopic (exact) mass is 342 g/mol. The van der Waals surface area contributed by atoms with Gasteiger partial charge in [-0.2, -0.15) is 0 Å². The van der Waals surface area contributed by atoms with Gasteiger partial charge in [-0.1, -0.05) is 47.5 Å². The van der Waals surface area contributed by atoms with Crippen molar-refractivity contribution < 1.29 is 10.2 Å². The van der Waals surface area contributed by atoms with Crippen molar-refractivity contribution in [3.8, 4) is 0 Å². The van der Waals surface area contributed by atoms with E-state index in [2.05, 4.69) is 0 Å². The van der Waals surface area contributed by atoms with Gasteiger partial charge in [0.2, 0.25) is 0 Å². The van der Waals surface area contributed by atoms with Gasteiger partial charge in [-0.05, 0) is 35.4 Å². The largest absolute Gasteiger partial charge is 0.395 e. The zero-order chi connectivity index (χ0) is 15.2. The van der Waals surface area contributed by atoms with Crippen LogP contribution in [0.3, 0.4) is 0 Å². The third-order valence-corrected chi connectivity index (χ3v) is 5.15. The first-order chi connectivity index (χ1) is 10.1. The zero-order valence-corrected chi connectivity index (χ0v) is 13.6. The Bertz CT molecular complexity index is 506. The Morgan fingerprint density at radius 1 is 0.714 bits per heavy atom. The molecule has 2 atom stereocenters. The van der Waals surface area contributed by atoms with Gasteiger partial charge in [-0.3, -0.25) is 0 Å². The molecule has 21 heavy (non-hydrogen) atoms. The molecule has 2 aromatic rings. The number of hydrogen-bond donors (Lipinski definition) is 2. The van der Waals surface area contributed by atoms with Crippen molar-refractivity contribution in [1.29, 1.82) is 0 Å². The number of hydrogen-bond acceptors (Lipinski definition) is 3. The predicted octanol–water partition coefficient (Wildman–Crippen LogP) is 4.49. The molecule has 0 heterocycles. The summed E-state index contributed by atoms with van der Waals surface area (Å²) in [5.41, 5.74) is 1.97. The average molecular weight is 343 g/mol. The van der Waals surface area contributed by atoms with Crippen molar-refractivity contribution in [2.24, 2.45) is 0 Å². The molecule has 2 nitrogen and oxygen atoms in total. The molecule has 0 amide bonds.